The lowest BCUT2D eigenvalue weighted by Crippen LogP contribution is -2.37. The molecule has 154 valence electrons. The smallest absolute Gasteiger partial charge is 0.236 e. The molecular formula is C24H30N2O3. The molecule has 0 saturated carbocycles. The topological polar surface area (TPSA) is 42.0 Å². The van der Waals surface area contributed by atoms with E-state index < -0.39 is 0 Å². The molecule has 0 radical (unpaired) electrons. The third kappa shape index (κ3) is 4.56. The second-order valence-electron chi connectivity index (χ2n) is 7.95. The van der Waals surface area contributed by atoms with Gasteiger partial charge in [-0.3, -0.25) is 9.69 Å². The Hall–Kier alpha value is -2.53. The van der Waals surface area contributed by atoms with Gasteiger partial charge in [-0.1, -0.05) is 37.3 Å². The number of hydrogen-bond donors (Lipinski definition) is 0. The van der Waals surface area contributed by atoms with Gasteiger partial charge < -0.3 is 14.4 Å². The number of carbonyl (C=O) groups is 1. The normalized spacial score (nSPS) is 18.6. The lowest BCUT2D eigenvalue weighted by Gasteiger charge is -2.28. The molecule has 0 spiro atoms. The lowest BCUT2D eigenvalue weighted by molar-refractivity contribution is -0.131. The largest absolute Gasteiger partial charge is 0.486 e. The first-order valence-corrected chi connectivity index (χ1v) is 10.6. The molecule has 1 atom stereocenters. The maximum Gasteiger partial charge on any atom is 0.236 e. The van der Waals surface area contributed by atoms with E-state index in [2.05, 4.69) is 48.2 Å². The van der Waals surface area contributed by atoms with E-state index in [4.69, 9.17) is 9.47 Å². The van der Waals surface area contributed by atoms with Crippen LogP contribution in [0.25, 0.3) is 0 Å². The summed E-state index contributed by atoms with van der Waals surface area (Å²) in [7, 11) is 1.89. The first-order chi connectivity index (χ1) is 14.1. The van der Waals surface area contributed by atoms with Gasteiger partial charge in [0.1, 0.15) is 13.2 Å². The van der Waals surface area contributed by atoms with Gasteiger partial charge in [-0.05, 0) is 54.6 Å². The van der Waals surface area contributed by atoms with E-state index in [1.807, 2.05) is 18.0 Å². The number of fused-ring (bicyclic) bond motifs is 1. The lowest BCUT2D eigenvalue weighted by atomic mass is 10.0. The van der Waals surface area contributed by atoms with Crippen molar-refractivity contribution in [2.24, 2.45) is 0 Å². The van der Waals surface area contributed by atoms with Crippen molar-refractivity contribution >= 4 is 5.91 Å². The van der Waals surface area contributed by atoms with Crippen LogP contribution in [0.5, 0.6) is 11.5 Å². The molecule has 0 bridgehead atoms. The summed E-state index contributed by atoms with van der Waals surface area (Å²) >= 11 is 0. The van der Waals surface area contributed by atoms with Gasteiger partial charge in [0.2, 0.25) is 5.91 Å². The monoisotopic (exact) mass is 394 g/mol. The molecular weight excluding hydrogens is 364 g/mol. The SMILES string of the molecule is CCc1ccc(CN(C)C(=O)CN2CCC[C@H]2c2ccc3c(c2)OCCO3)cc1. The quantitative estimate of drug-likeness (QED) is 0.747. The molecule has 1 amide bonds. The summed E-state index contributed by atoms with van der Waals surface area (Å²) in [5, 5.41) is 0. The highest BCUT2D eigenvalue weighted by Crippen LogP contribution is 2.37. The summed E-state index contributed by atoms with van der Waals surface area (Å²) in [4.78, 5) is 17.0. The predicted molar refractivity (Wildman–Crippen MR) is 113 cm³/mol. The Morgan fingerprint density at radius 1 is 1.07 bits per heavy atom. The van der Waals surface area contributed by atoms with Crippen molar-refractivity contribution in [3.05, 3.63) is 59.2 Å². The molecule has 5 heteroatoms. The number of nitrogens with zero attached hydrogens (tertiary/aromatic N) is 2. The minimum Gasteiger partial charge on any atom is -0.486 e. The van der Waals surface area contributed by atoms with Crippen molar-refractivity contribution in [2.75, 3.05) is 33.4 Å². The predicted octanol–water partition coefficient (Wildman–Crippen LogP) is 3.82. The number of amides is 1. The molecule has 0 aliphatic carbocycles. The molecule has 2 heterocycles. The standard InChI is InChI=1S/C24H30N2O3/c1-3-18-6-8-19(9-7-18)16-25(2)24(27)17-26-12-4-5-21(26)20-10-11-22-23(15-20)29-14-13-28-22/h6-11,15,21H,3-5,12-14,16-17H2,1-2H3/t21-/m0/s1. The second kappa shape index (κ2) is 8.87. The number of likely N-dealkylation sites (N-methyl/N-ethyl adjacent to an activating group) is 1. The zero-order valence-electron chi connectivity index (χ0n) is 17.4. The first-order valence-electron chi connectivity index (χ1n) is 10.6. The number of likely N-dealkylation sites (tertiary alicyclic amines) is 1. The highest BCUT2D eigenvalue weighted by Gasteiger charge is 2.29. The molecule has 2 aliphatic heterocycles. The van der Waals surface area contributed by atoms with Gasteiger partial charge in [0.05, 0.1) is 6.54 Å². The fraction of sp³-hybridized carbons (Fsp3) is 0.458. The highest BCUT2D eigenvalue weighted by atomic mass is 16.6. The number of benzene rings is 2. The minimum absolute atomic E-state index is 0.161. The first kappa shape index (κ1) is 19.8. The Morgan fingerprint density at radius 3 is 2.55 bits per heavy atom. The van der Waals surface area contributed by atoms with Crippen molar-refractivity contribution in [2.45, 2.75) is 38.8 Å². The Balaban J connectivity index is 1.39. The molecule has 2 aromatic carbocycles. The Morgan fingerprint density at radius 2 is 1.79 bits per heavy atom. The summed E-state index contributed by atoms with van der Waals surface area (Å²) in [5.74, 6) is 1.79. The average molecular weight is 395 g/mol. The van der Waals surface area contributed by atoms with Gasteiger partial charge in [-0.15, -0.1) is 0 Å². The zero-order chi connectivity index (χ0) is 20.2. The van der Waals surface area contributed by atoms with Crippen LogP contribution in [-0.2, 0) is 17.8 Å². The van der Waals surface area contributed by atoms with Crippen molar-refractivity contribution in [1.82, 2.24) is 9.80 Å². The molecule has 1 saturated heterocycles. The molecule has 0 aromatic heterocycles. The van der Waals surface area contributed by atoms with Crippen molar-refractivity contribution in [3.8, 4) is 11.5 Å². The van der Waals surface area contributed by atoms with Crippen LogP contribution >= 0.6 is 0 Å². The number of hydrogen-bond acceptors (Lipinski definition) is 4. The highest BCUT2D eigenvalue weighted by molar-refractivity contribution is 5.78. The van der Waals surface area contributed by atoms with Gasteiger partial charge in [0, 0.05) is 19.6 Å². The maximum atomic E-state index is 12.9. The van der Waals surface area contributed by atoms with Gasteiger partial charge in [-0.25, -0.2) is 0 Å². The van der Waals surface area contributed by atoms with Crippen LogP contribution in [-0.4, -0.2) is 49.1 Å². The molecule has 2 aromatic rings. The Labute approximate surface area is 173 Å². The third-order valence-corrected chi connectivity index (χ3v) is 5.93. The van der Waals surface area contributed by atoms with Crippen LogP contribution in [0.4, 0.5) is 0 Å². The van der Waals surface area contributed by atoms with Crippen LogP contribution < -0.4 is 9.47 Å². The summed E-state index contributed by atoms with van der Waals surface area (Å²) in [6.45, 7) is 5.38. The molecule has 2 aliphatic rings. The Bertz CT molecular complexity index is 850. The van der Waals surface area contributed by atoms with E-state index >= 15 is 0 Å². The Kier molecular flexibility index (Phi) is 6.05. The molecule has 4 rings (SSSR count). The van der Waals surface area contributed by atoms with Crippen molar-refractivity contribution in [1.29, 1.82) is 0 Å². The summed E-state index contributed by atoms with van der Waals surface area (Å²) in [6.07, 6.45) is 3.20. The maximum absolute atomic E-state index is 12.9. The van der Waals surface area contributed by atoms with E-state index in [1.54, 1.807) is 0 Å². The minimum atomic E-state index is 0.161. The zero-order valence-corrected chi connectivity index (χ0v) is 17.4. The number of aryl methyl sites for hydroxylation is 1. The van der Waals surface area contributed by atoms with E-state index in [0.717, 1.165) is 37.3 Å². The molecule has 5 nitrogen and oxygen atoms in total. The van der Waals surface area contributed by atoms with E-state index in [-0.39, 0.29) is 11.9 Å². The van der Waals surface area contributed by atoms with Crippen LogP contribution in [0.2, 0.25) is 0 Å². The van der Waals surface area contributed by atoms with E-state index in [9.17, 15) is 4.79 Å². The second-order valence-corrected chi connectivity index (χ2v) is 7.95. The molecule has 0 N–H and O–H groups in total. The molecule has 1 fully saturated rings. The van der Waals surface area contributed by atoms with E-state index in [0.29, 0.717) is 26.3 Å². The van der Waals surface area contributed by atoms with Crippen molar-refractivity contribution in [3.63, 3.8) is 0 Å². The van der Waals surface area contributed by atoms with Crippen LogP contribution in [0, 0.1) is 0 Å². The number of ether oxygens (including phenoxy) is 2. The van der Waals surface area contributed by atoms with Gasteiger partial charge >= 0.3 is 0 Å². The summed E-state index contributed by atoms with van der Waals surface area (Å²) < 4.78 is 11.4. The van der Waals surface area contributed by atoms with Gasteiger partial charge in [-0.2, -0.15) is 0 Å². The molecule has 29 heavy (non-hydrogen) atoms. The van der Waals surface area contributed by atoms with Crippen LogP contribution in [0.1, 0.15) is 42.5 Å². The fourth-order valence-electron chi connectivity index (χ4n) is 4.20. The van der Waals surface area contributed by atoms with Gasteiger partial charge in [0.15, 0.2) is 11.5 Å². The van der Waals surface area contributed by atoms with E-state index in [1.165, 1.54) is 16.7 Å². The van der Waals surface area contributed by atoms with Crippen LogP contribution in [0.15, 0.2) is 42.5 Å². The molecule has 0 unspecified atom stereocenters. The van der Waals surface area contributed by atoms with Crippen molar-refractivity contribution < 1.29 is 14.3 Å². The summed E-state index contributed by atoms with van der Waals surface area (Å²) in [6, 6.07) is 15.0. The number of rotatable bonds is 6. The van der Waals surface area contributed by atoms with Gasteiger partial charge in [0.25, 0.3) is 0 Å². The third-order valence-electron chi connectivity index (χ3n) is 5.93. The average Bonchev–Trinajstić information content (AvgIpc) is 3.22. The van der Waals surface area contributed by atoms with Crippen LogP contribution in [0.3, 0.4) is 0 Å². The summed E-state index contributed by atoms with van der Waals surface area (Å²) in [5.41, 5.74) is 3.70. The number of carbonyl (C=O) groups excluding carboxylic acids is 1. The fourth-order valence-corrected chi connectivity index (χ4v) is 4.20.